The minimum absolute atomic E-state index is 0.397. The number of hydrogen-bond acceptors (Lipinski definition) is 2. The van der Waals surface area contributed by atoms with E-state index in [9.17, 15) is 0 Å². The molecule has 0 radical (unpaired) electrons. The van der Waals surface area contributed by atoms with Crippen LogP contribution in [0.25, 0.3) is 0 Å². The third-order valence-electron chi connectivity index (χ3n) is 2.54. The monoisotopic (exact) mass is 207 g/mol. The first-order valence-corrected chi connectivity index (χ1v) is 5.52. The topological polar surface area (TPSA) is 29.9 Å². The highest BCUT2D eigenvalue weighted by Gasteiger charge is 2.12. The number of nitrogens with one attached hydrogen (secondary N) is 1. The van der Waals surface area contributed by atoms with Gasteiger partial charge in [-0.25, -0.2) is 0 Å². The van der Waals surface area contributed by atoms with Crippen LogP contribution in [0.3, 0.4) is 0 Å². The Balaban J connectivity index is 2.59. The van der Waals surface area contributed by atoms with Crippen LogP contribution in [-0.4, -0.2) is 15.8 Å². The molecule has 0 aliphatic heterocycles. The molecule has 1 aromatic heterocycles. The second-order valence-electron chi connectivity index (χ2n) is 4.00. The van der Waals surface area contributed by atoms with E-state index in [1.54, 1.807) is 0 Å². The summed E-state index contributed by atoms with van der Waals surface area (Å²) < 4.78 is 1.85. The molecule has 0 bridgehead atoms. The Bertz CT molecular complexity index is 304. The zero-order valence-electron chi connectivity index (χ0n) is 9.90. The van der Waals surface area contributed by atoms with Crippen LogP contribution in [0, 0.1) is 0 Å². The van der Waals surface area contributed by atoms with Crippen LogP contribution in [0.5, 0.6) is 0 Å². The molecule has 1 N–H and O–H groups in total. The fourth-order valence-corrected chi connectivity index (χ4v) is 1.73. The van der Waals surface area contributed by atoms with Gasteiger partial charge in [0, 0.05) is 30.9 Å². The van der Waals surface area contributed by atoms with Crippen LogP contribution in [0.1, 0.15) is 38.3 Å². The van der Waals surface area contributed by atoms with Gasteiger partial charge >= 0.3 is 0 Å². The van der Waals surface area contributed by atoms with Gasteiger partial charge < -0.3 is 5.32 Å². The highest BCUT2D eigenvalue weighted by atomic mass is 15.2. The maximum Gasteiger partial charge on any atom is 0.0537 e. The predicted octanol–water partition coefficient (Wildman–Crippen LogP) is 2.43. The summed E-state index contributed by atoms with van der Waals surface area (Å²) in [6, 6.07) is 0.862. The van der Waals surface area contributed by atoms with E-state index < -0.39 is 0 Å². The van der Waals surface area contributed by atoms with E-state index in [-0.39, 0.29) is 0 Å². The first-order chi connectivity index (χ1) is 7.17. The van der Waals surface area contributed by atoms with Crippen molar-refractivity contribution in [1.82, 2.24) is 15.1 Å². The molecule has 3 nitrogen and oxygen atoms in total. The van der Waals surface area contributed by atoms with Gasteiger partial charge in [-0.1, -0.05) is 13.0 Å². The van der Waals surface area contributed by atoms with Crippen LogP contribution < -0.4 is 5.32 Å². The number of rotatable bonds is 6. The van der Waals surface area contributed by atoms with Crippen LogP contribution in [0.15, 0.2) is 25.0 Å². The lowest BCUT2D eigenvalue weighted by atomic mass is 10.1. The summed E-state index contributed by atoms with van der Waals surface area (Å²) in [5, 5.41) is 7.77. The lowest BCUT2D eigenvalue weighted by Gasteiger charge is -2.20. The third-order valence-corrected chi connectivity index (χ3v) is 2.54. The highest BCUT2D eigenvalue weighted by molar-refractivity contribution is 5.10. The predicted molar refractivity (Wildman–Crippen MR) is 63.7 cm³/mol. The second-order valence-corrected chi connectivity index (χ2v) is 4.00. The summed E-state index contributed by atoms with van der Waals surface area (Å²) in [6.07, 6.45) is 8.03. The zero-order chi connectivity index (χ0) is 11.3. The largest absolute Gasteiger partial charge is 0.307 e. The Kier molecular flexibility index (Phi) is 4.56. The summed E-state index contributed by atoms with van der Waals surface area (Å²) >= 11 is 0. The summed E-state index contributed by atoms with van der Waals surface area (Å²) in [6.45, 7) is 8.12. The maximum atomic E-state index is 4.20. The number of hydrogen-bond donors (Lipinski definition) is 1. The molecule has 1 heterocycles. The van der Waals surface area contributed by atoms with E-state index in [2.05, 4.69) is 37.0 Å². The number of nitrogens with zero attached hydrogens (tertiary/aromatic N) is 2. The van der Waals surface area contributed by atoms with Gasteiger partial charge in [0.25, 0.3) is 0 Å². The average Bonchev–Trinajstić information content (AvgIpc) is 2.61. The van der Waals surface area contributed by atoms with Gasteiger partial charge in [-0.3, -0.25) is 4.68 Å². The van der Waals surface area contributed by atoms with Gasteiger partial charge in [0.15, 0.2) is 0 Å². The fourth-order valence-electron chi connectivity index (χ4n) is 1.73. The van der Waals surface area contributed by atoms with E-state index >= 15 is 0 Å². The van der Waals surface area contributed by atoms with E-state index in [4.69, 9.17) is 0 Å². The third kappa shape index (κ3) is 3.51. The normalized spacial score (nSPS) is 14.9. The molecule has 15 heavy (non-hydrogen) atoms. The zero-order valence-corrected chi connectivity index (χ0v) is 9.90. The quantitative estimate of drug-likeness (QED) is 0.726. The molecule has 0 amide bonds. The first-order valence-electron chi connectivity index (χ1n) is 5.52. The van der Waals surface area contributed by atoms with E-state index in [1.165, 1.54) is 5.56 Å². The van der Waals surface area contributed by atoms with Gasteiger partial charge in [-0.15, -0.1) is 6.58 Å². The SMILES string of the molecule is C=CCC(C)NC(CC)c1cnn(C)c1. The van der Waals surface area contributed by atoms with Crippen molar-refractivity contribution >= 4 is 0 Å². The van der Waals surface area contributed by atoms with Crippen LogP contribution >= 0.6 is 0 Å². The molecule has 0 aromatic carbocycles. The average molecular weight is 207 g/mol. The molecule has 2 unspecified atom stereocenters. The molecular weight excluding hydrogens is 186 g/mol. The molecule has 0 aliphatic rings. The standard InChI is InChI=1S/C12H21N3/c1-5-7-10(3)14-12(6-2)11-8-13-15(4)9-11/h5,8-10,12,14H,1,6-7H2,2-4H3. The lowest BCUT2D eigenvalue weighted by molar-refractivity contribution is 0.447. The Morgan fingerprint density at radius 2 is 2.40 bits per heavy atom. The van der Waals surface area contributed by atoms with Gasteiger partial charge in [0.1, 0.15) is 0 Å². The van der Waals surface area contributed by atoms with Crippen molar-refractivity contribution in [3.8, 4) is 0 Å². The fraction of sp³-hybridized carbons (Fsp3) is 0.583. The molecule has 0 aliphatic carbocycles. The second kappa shape index (κ2) is 5.71. The molecule has 0 fully saturated rings. The smallest absolute Gasteiger partial charge is 0.0537 e. The lowest BCUT2D eigenvalue weighted by Crippen LogP contribution is -2.29. The van der Waals surface area contributed by atoms with Gasteiger partial charge in [-0.05, 0) is 19.8 Å². The molecule has 0 spiro atoms. The van der Waals surface area contributed by atoms with Crippen LogP contribution in [-0.2, 0) is 7.05 Å². The molecule has 3 heteroatoms. The van der Waals surface area contributed by atoms with E-state index in [0.29, 0.717) is 12.1 Å². The summed E-state index contributed by atoms with van der Waals surface area (Å²) in [7, 11) is 1.95. The minimum Gasteiger partial charge on any atom is -0.307 e. The van der Waals surface area contributed by atoms with Crippen molar-refractivity contribution in [2.75, 3.05) is 0 Å². The summed E-state index contributed by atoms with van der Waals surface area (Å²) in [5.41, 5.74) is 1.26. The molecule has 84 valence electrons. The van der Waals surface area contributed by atoms with E-state index in [1.807, 2.05) is 24.0 Å². The molecule has 0 saturated heterocycles. The summed E-state index contributed by atoms with van der Waals surface area (Å²) in [5.74, 6) is 0. The minimum atomic E-state index is 0.397. The Labute approximate surface area is 92.2 Å². The molecular formula is C12H21N3. The van der Waals surface area contributed by atoms with Gasteiger partial charge in [-0.2, -0.15) is 5.10 Å². The Morgan fingerprint density at radius 3 is 2.87 bits per heavy atom. The number of aryl methyl sites for hydroxylation is 1. The van der Waals surface area contributed by atoms with Crippen LogP contribution in [0.2, 0.25) is 0 Å². The molecule has 1 aromatic rings. The van der Waals surface area contributed by atoms with Crippen molar-refractivity contribution in [2.45, 2.75) is 38.8 Å². The molecule has 2 atom stereocenters. The van der Waals surface area contributed by atoms with E-state index in [0.717, 1.165) is 12.8 Å². The van der Waals surface area contributed by atoms with Gasteiger partial charge in [0.2, 0.25) is 0 Å². The van der Waals surface area contributed by atoms with Crippen molar-refractivity contribution in [3.05, 3.63) is 30.6 Å². The molecule has 1 rings (SSSR count). The number of aromatic nitrogens is 2. The first kappa shape index (κ1) is 12.0. The Hall–Kier alpha value is -1.09. The van der Waals surface area contributed by atoms with Crippen molar-refractivity contribution < 1.29 is 0 Å². The van der Waals surface area contributed by atoms with Gasteiger partial charge in [0.05, 0.1) is 6.20 Å². The van der Waals surface area contributed by atoms with Crippen molar-refractivity contribution in [1.29, 1.82) is 0 Å². The van der Waals surface area contributed by atoms with Crippen molar-refractivity contribution in [2.24, 2.45) is 7.05 Å². The van der Waals surface area contributed by atoms with Crippen molar-refractivity contribution in [3.63, 3.8) is 0 Å². The van der Waals surface area contributed by atoms with Crippen LogP contribution in [0.4, 0.5) is 0 Å². The Morgan fingerprint density at radius 1 is 1.67 bits per heavy atom. The molecule has 0 saturated carbocycles. The maximum absolute atomic E-state index is 4.20. The highest BCUT2D eigenvalue weighted by Crippen LogP contribution is 2.16. The summed E-state index contributed by atoms with van der Waals surface area (Å²) in [4.78, 5) is 0.